The van der Waals surface area contributed by atoms with E-state index in [-0.39, 0.29) is 22.1 Å². The molecule has 1 fully saturated rings. The molecule has 0 aromatic heterocycles. The van der Waals surface area contributed by atoms with Crippen LogP contribution in [0.2, 0.25) is 0 Å². The molecule has 1 heterocycles. The van der Waals surface area contributed by atoms with E-state index in [2.05, 4.69) is 15.5 Å². The van der Waals surface area contributed by atoms with Gasteiger partial charge in [0.05, 0.1) is 16.2 Å². The molecule has 0 saturated carbocycles. The number of amides is 1. The van der Waals surface area contributed by atoms with Crippen molar-refractivity contribution in [1.29, 1.82) is 0 Å². The first-order valence-corrected chi connectivity index (χ1v) is 10.2. The lowest BCUT2D eigenvalue weighted by atomic mass is 10.2. The zero-order valence-electron chi connectivity index (χ0n) is 14.3. The lowest BCUT2D eigenvalue weighted by Crippen LogP contribution is -2.44. The van der Waals surface area contributed by atoms with E-state index in [0.717, 1.165) is 39.1 Å². The minimum absolute atomic E-state index is 0.0558. The minimum Gasteiger partial charge on any atom is -0.352 e. The highest BCUT2D eigenvalue weighted by atomic mass is 32.2. The molecule has 0 radical (unpaired) electrons. The Morgan fingerprint density at radius 3 is 2.67 bits per heavy atom. The fourth-order valence-electron chi connectivity index (χ4n) is 2.84. The van der Waals surface area contributed by atoms with Gasteiger partial charge in [-0.05, 0) is 31.5 Å². The number of carbonyl (C=O) groups excluding carboxylic acids is 1. The van der Waals surface area contributed by atoms with Gasteiger partial charge < -0.3 is 15.5 Å². The van der Waals surface area contributed by atoms with Crippen LogP contribution in [0.5, 0.6) is 0 Å². The van der Waals surface area contributed by atoms with Crippen molar-refractivity contribution >= 4 is 15.7 Å². The van der Waals surface area contributed by atoms with E-state index in [9.17, 15) is 13.2 Å². The van der Waals surface area contributed by atoms with Crippen molar-refractivity contribution in [3.05, 3.63) is 29.8 Å². The lowest BCUT2D eigenvalue weighted by Gasteiger charge is -2.27. The van der Waals surface area contributed by atoms with Crippen LogP contribution in [0.1, 0.15) is 30.1 Å². The zero-order chi connectivity index (χ0) is 17.4. The minimum atomic E-state index is -3.41. The number of carbonyl (C=O) groups is 1. The molecule has 0 bridgehead atoms. The van der Waals surface area contributed by atoms with Crippen molar-refractivity contribution in [2.24, 2.45) is 0 Å². The molecule has 0 atom stereocenters. The molecule has 1 aromatic rings. The highest BCUT2D eigenvalue weighted by Gasteiger charge is 2.21. The van der Waals surface area contributed by atoms with Gasteiger partial charge in [0, 0.05) is 32.7 Å². The van der Waals surface area contributed by atoms with Crippen LogP contribution >= 0.6 is 0 Å². The van der Waals surface area contributed by atoms with E-state index in [1.54, 1.807) is 18.2 Å². The summed E-state index contributed by atoms with van der Waals surface area (Å²) >= 11 is 0. The quantitative estimate of drug-likeness (QED) is 0.679. The maximum Gasteiger partial charge on any atom is 0.252 e. The summed E-state index contributed by atoms with van der Waals surface area (Å²) in [4.78, 5) is 14.9. The van der Waals surface area contributed by atoms with Crippen LogP contribution in [-0.2, 0) is 9.84 Å². The predicted octanol–water partition coefficient (Wildman–Crippen LogP) is 0.895. The van der Waals surface area contributed by atoms with Crippen molar-refractivity contribution in [3.63, 3.8) is 0 Å². The van der Waals surface area contributed by atoms with Gasteiger partial charge in [0.1, 0.15) is 0 Å². The molecular weight excluding hydrogens is 326 g/mol. The summed E-state index contributed by atoms with van der Waals surface area (Å²) in [6.07, 6.45) is 1.39. The molecule has 2 N–H and O–H groups in total. The molecule has 7 heteroatoms. The summed E-state index contributed by atoms with van der Waals surface area (Å²) in [7, 11) is -3.41. The third-order valence-electron chi connectivity index (χ3n) is 4.09. The van der Waals surface area contributed by atoms with Gasteiger partial charge in [0.15, 0.2) is 9.84 Å². The van der Waals surface area contributed by atoms with Crippen LogP contribution in [0.3, 0.4) is 0 Å². The normalized spacial score (nSPS) is 16.0. The van der Waals surface area contributed by atoms with Gasteiger partial charge >= 0.3 is 0 Å². The second kappa shape index (κ2) is 9.15. The fourth-order valence-corrected chi connectivity index (χ4v) is 4.38. The predicted molar refractivity (Wildman–Crippen MR) is 95.0 cm³/mol. The van der Waals surface area contributed by atoms with Crippen molar-refractivity contribution in [1.82, 2.24) is 15.5 Å². The van der Waals surface area contributed by atoms with Gasteiger partial charge in [-0.25, -0.2) is 8.42 Å². The van der Waals surface area contributed by atoms with E-state index < -0.39 is 9.84 Å². The van der Waals surface area contributed by atoms with Gasteiger partial charge in [0.2, 0.25) is 0 Å². The number of piperazine rings is 1. The molecule has 0 unspecified atom stereocenters. The molecule has 6 nitrogen and oxygen atoms in total. The summed E-state index contributed by atoms with van der Waals surface area (Å²) in [6.45, 7) is 7.39. The van der Waals surface area contributed by atoms with E-state index in [0.29, 0.717) is 13.0 Å². The van der Waals surface area contributed by atoms with Crippen LogP contribution < -0.4 is 10.6 Å². The molecule has 1 aromatic carbocycles. The Balaban J connectivity index is 1.90. The van der Waals surface area contributed by atoms with Crippen LogP contribution in [-0.4, -0.2) is 64.2 Å². The molecule has 0 spiro atoms. The van der Waals surface area contributed by atoms with Crippen molar-refractivity contribution < 1.29 is 13.2 Å². The number of rotatable bonds is 8. The van der Waals surface area contributed by atoms with Gasteiger partial charge in [-0.2, -0.15) is 0 Å². The first kappa shape index (κ1) is 18.9. The number of benzene rings is 1. The van der Waals surface area contributed by atoms with E-state index in [1.807, 2.05) is 6.92 Å². The Morgan fingerprint density at radius 2 is 1.96 bits per heavy atom. The summed E-state index contributed by atoms with van der Waals surface area (Å²) < 4.78 is 24.6. The van der Waals surface area contributed by atoms with E-state index in [1.165, 1.54) is 6.07 Å². The maximum absolute atomic E-state index is 12.4. The molecule has 1 aliphatic heterocycles. The summed E-state index contributed by atoms with van der Waals surface area (Å²) in [6, 6.07) is 6.44. The SMILES string of the molecule is CCCS(=O)(=O)c1ccccc1C(=O)NCCCN1CCNCC1. The van der Waals surface area contributed by atoms with Crippen molar-refractivity contribution in [2.75, 3.05) is 45.0 Å². The number of hydrogen-bond acceptors (Lipinski definition) is 5. The first-order valence-electron chi connectivity index (χ1n) is 8.57. The second-order valence-corrected chi connectivity index (χ2v) is 8.09. The maximum atomic E-state index is 12.4. The smallest absolute Gasteiger partial charge is 0.252 e. The lowest BCUT2D eigenvalue weighted by molar-refractivity contribution is 0.0948. The average Bonchev–Trinajstić information content (AvgIpc) is 2.59. The highest BCUT2D eigenvalue weighted by molar-refractivity contribution is 7.91. The monoisotopic (exact) mass is 353 g/mol. The summed E-state index contributed by atoms with van der Waals surface area (Å²) in [5.74, 6) is -0.258. The van der Waals surface area contributed by atoms with Gasteiger partial charge in [-0.15, -0.1) is 0 Å². The third kappa shape index (κ3) is 5.29. The topological polar surface area (TPSA) is 78.5 Å². The summed E-state index contributed by atoms with van der Waals surface area (Å²) in [5.41, 5.74) is 0.244. The third-order valence-corrected chi connectivity index (χ3v) is 6.06. The first-order chi connectivity index (χ1) is 11.5. The molecule has 1 aliphatic rings. The zero-order valence-corrected chi connectivity index (χ0v) is 15.1. The van der Waals surface area contributed by atoms with Crippen molar-refractivity contribution in [2.45, 2.75) is 24.7 Å². The van der Waals surface area contributed by atoms with Crippen LogP contribution in [0.4, 0.5) is 0 Å². The molecule has 134 valence electrons. The van der Waals surface area contributed by atoms with Crippen LogP contribution in [0, 0.1) is 0 Å². The molecule has 1 amide bonds. The molecule has 0 aliphatic carbocycles. The Bertz CT molecular complexity index is 640. The standard InChI is InChI=1S/C17H27N3O3S/c1-2-14-24(22,23)16-7-4-3-6-15(16)17(21)19-8-5-11-20-12-9-18-10-13-20/h3-4,6-7,18H,2,5,8-14H2,1H3,(H,19,21). The van der Waals surface area contributed by atoms with Crippen molar-refractivity contribution in [3.8, 4) is 0 Å². The highest BCUT2D eigenvalue weighted by Crippen LogP contribution is 2.17. The van der Waals surface area contributed by atoms with Gasteiger partial charge in [0.25, 0.3) is 5.91 Å². The second-order valence-electron chi connectivity index (χ2n) is 6.02. The molecule has 1 saturated heterocycles. The number of nitrogens with zero attached hydrogens (tertiary/aromatic N) is 1. The van der Waals surface area contributed by atoms with Crippen LogP contribution in [0.25, 0.3) is 0 Å². The number of sulfone groups is 1. The summed E-state index contributed by atoms with van der Waals surface area (Å²) in [5, 5.41) is 6.15. The largest absolute Gasteiger partial charge is 0.352 e. The Hall–Kier alpha value is -1.44. The average molecular weight is 353 g/mol. The molecular formula is C17H27N3O3S. The van der Waals surface area contributed by atoms with E-state index >= 15 is 0 Å². The van der Waals surface area contributed by atoms with Gasteiger partial charge in [-0.3, -0.25) is 4.79 Å². The molecule has 2 rings (SSSR count). The fraction of sp³-hybridized carbons (Fsp3) is 0.588. The van der Waals surface area contributed by atoms with Gasteiger partial charge in [-0.1, -0.05) is 19.1 Å². The Kier molecular flexibility index (Phi) is 7.20. The number of hydrogen-bond donors (Lipinski definition) is 2. The van der Waals surface area contributed by atoms with Crippen LogP contribution in [0.15, 0.2) is 29.2 Å². The number of nitrogens with one attached hydrogen (secondary N) is 2. The molecule has 24 heavy (non-hydrogen) atoms. The Morgan fingerprint density at radius 1 is 1.25 bits per heavy atom. The van der Waals surface area contributed by atoms with E-state index in [4.69, 9.17) is 0 Å². The Labute approximate surface area is 144 Å².